The molecule has 2 fully saturated rings. The van der Waals surface area contributed by atoms with Crippen LogP contribution in [-0.4, -0.2) is 29.6 Å². The lowest BCUT2D eigenvalue weighted by Gasteiger charge is -2.37. The largest absolute Gasteiger partial charge is 0.349 e. The van der Waals surface area contributed by atoms with Crippen LogP contribution in [0.25, 0.3) is 0 Å². The maximum atomic E-state index is 12.9. The van der Waals surface area contributed by atoms with Gasteiger partial charge in [-0.1, -0.05) is 19.3 Å². The summed E-state index contributed by atoms with van der Waals surface area (Å²) in [5.41, 5.74) is 1.28. The van der Waals surface area contributed by atoms with Crippen molar-refractivity contribution in [3.63, 3.8) is 0 Å². The third kappa shape index (κ3) is 3.26. The first-order valence-corrected chi connectivity index (χ1v) is 9.89. The molecule has 0 aromatic carbocycles. The van der Waals surface area contributed by atoms with Crippen molar-refractivity contribution in [1.29, 1.82) is 0 Å². The molecule has 136 valence electrons. The molecule has 5 heteroatoms. The monoisotopic (exact) mass is 343 g/mol. The van der Waals surface area contributed by atoms with Crippen LogP contribution in [0.5, 0.6) is 0 Å². The van der Waals surface area contributed by atoms with E-state index in [1.807, 2.05) is 10.6 Å². The van der Waals surface area contributed by atoms with E-state index in [1.165, 1.54) is 32.1 Å². The van der Waals surface area contributed by atoms with E-state index in [9.17, 15) is 9.59 Å². The Hall–Kier alpha value is -1.62. The van der Waals surface area contributed by atoms with Crippen molar-refractivity contribution in [1.82, 2.24) is 15.2 Å². The Morgan fingerprint density at radius 1 is 1.24 bits per heavy atom. The Morgan fingerprint density at radius 2 is 2.04 bits per heavy atom. The van der Waals surface area contributed by atoms with Crippen molar-refractivity contribution in [2.75, 3.05) is 13.1 Å². The topological polar surface area (TPSA) is 63.1 Å². The van der Waals surface area contributed by atoms with E-state index in [0.717, 1.165) is 31.7 Å². The van der Waals surface area contributed by atoms with Crippen LogP contribution in [0.15, 0.2) is 16.9 Å². The zero-order valence-electron chi connectivity index (χ0n) is 15.1. The minimum Gasteiger partial charge on any atom is -0.349 e. The first kappa shape index (κ1) is 16.8. The van der Waals surface area contributed by atoms with Crippen LogP contribution in [0.3, 0.4) is 0 Å². The molecule has 0 spiro atoms. The van der Waals surface area contributed by atoms with Crippen LogP contribution in [0.2, 0.25) is 0 Å². The quantitative estimate of drug-likeness (QED) is 0.885. The Balaban J connectivity index is 1.53. The number of nitrogens with one attached hydrogen (secondary N) is 2. The molecule has 2 bridgehead atoms. The highest BCUT2D eigenvalue weighted by atomic mass is 16.2. The number of hydrogen-bond acceptors (Lipinski definition) is 3. The predicted octanol–water partition coefficient (Wildman–Crippen LogP) is 2.25. The highest BCUT2D eigenvalue weighted by molar-refractivity contribution is 5.94. The summed E-state index contributed by atoms with van der Waals surface area (Å²) in [7, 11) is 0. The number of hydrogen-bond donors (Lipinski definition) is 2. The molecule has 1 saturated carbocycles. The van der Waals surface area contributed by atoms with Crippen LogP contribution in [0, 0.1) is 11.8 Å². The van der Waals surface area contributed by atoms with Gasteiger partial charge in [0.05, 0.1) is 0 Å². The number of fused-ring (bicyclic) bond motifs is 4. The molecule has 1 aliphatic carbocycles. The minimum atomic E-state index is -0.202. The van der Waals surface area contributed by atoms with Gasteiger partial charge in [0.25, 0.3) is 11.5 Å². The van der Waals surface area contributed by atoms with Crippen molar-refractivity contribution >= 4 is 5.91 Å². The molecular weight excluding hydrogens is 314 g/mol. The average Bonchev–Trinajstić information content (AvgIpc) is 2.63. The number of carbonyl (C=O) groups is 1. The highest BCUT2D eigenvalue weighted by Gasteiger charge is 2.32. The Labute approximate surface area is 149 Å². The molecule has 3 atom stereocenters. The predicted molar refractivity (Wildman–Crippen MR) is 97.9 cm³/mol. The standard InChI is InChI=1S/C20H29N3O2/c1-13(15-5-3-2-4-6-15)22-19(24)17-7-8-18-16-9-14(10-21-11-16)12-23(18)20(17)25/h7-8,13-16,21H,2-6,9-12H2,1H3,(H,22,24)/t13-,14-,16+/m0/s1. The molecule has 5 nitrogen and oxygen atoms in total. The van der Waals surface area contributed by atoms with Crippen LogP contribution in [-0.2, 0) is 6.54 Å². The molecule has 1 aromatic rings. The lowest BCUT2D eigenvalue weighted by atomic mass is 9.84. The van der Waals surface area contributed by atoms with Gasteiger partial charge in [-0.05, 0) is 56.7 Å². The molecule has 25 heavy (non-hydrogen) atoms. The van der Waals surface area contributed by atoms with Gasteiger partial charge < -0.3 is 15.2 Å². The van der Waals surface area contributed by atoms with Crippen LogP contribution < -0.4 is 16.2 Å². The summed E-state index contributed by atoms with van der Waals surface area (Å²) in [6, 6.07) is 3.87. The van der Waals surface area contributed by atoms with E-state index in [-0.39, 0.29) is 17.5 Å². The van der Waals surface area contributed by atoms with E-state index in [2.05, 4.69) is 17.6 Å². The van der Waals surface area contributed by atoms with E-state index in [0.29, 0.717) is 23.3 Å². The molecule has 0 radical (unpaired) electrons. The fraction of sp³-hybridized carbons (Fsp3) is 0.700. The molecule has 1 amide bonds. The van der Waals surface area contributed by atoms with Crippen LogP contribution in [0.4, 0.5) is 0 Å². The van der Waals surface area contributed by atoms with Gasteiger partial charge in [0, 0.05) is 30.7 Å². The molecule has 2 aliphatic heterocycles. The minimum absolute atomic E-state index is 0.109. The number of rotatable bonds is 3. The van der Waals surface area contributed by atoms with E-state index in [4.69, 9.17) is 0 Å². The fourth-order valence-electron chi connectivity index (χ4n) is 5.00. The summed E-state index contributed by atoms with van der Waals surface area (Å²) in [6.45, 7) is 4.72. The summed E-state index contributed by atoms with van der Waals surface area (Å²) in [6.07, 6.45) is 7.32. The summed E-state index contributed by atoms with van der Waals surface area (Å²) in [5, 5.41) is 6.55. The normalized spacial score (nSPS) is 27.4. The molecule has 3 heterocycles. The molecule has 2 N–H and O–H groups in total. The number of nitrogens with zero attached hydrogens (tertiary/aromatic N) is 1. The molecule has 3 aliphatic rings. The number of amides is 1. The van der Waals surface area contributed by atoms with Gasteiger partial charge in [0.1, 0.15) is 5.56 Å². The number of pyridine rings is 1. The summed E-state index contributed by atoms with van der Waals surface area (Å²) in [4.78, 5) is 25.6. The van der Waals surface area contributed by atoms with E-state index in [1.54, 1.807) is 6.07 Å². The average molecular weight is 343 g/mol. The third-order valence-corrected chi connectivity index (χ3v) is 6.47. The fourth-order valence-corrected chi connectivity index (χ4v) is 5.00. The lowest BCUT2D eigenvalue weighted by Crippen LogP contribution is -2.47. The molecular formula is C20H29N3O2. The van der Waals surface area contributed by atoms with Crippen LogP contribution in [0.1, 0.15) is 67.4 Å². The van der Waals surface area contributed by atoms with Crippen molar-refractivity contribution in [2.24, 2.45) is 11.8 Å². The number of aromatic nitrogens is 1. The van der Waals surface area contributed by atoms with Gasteiger partial charge in [-0.2, -0.15) is 0 Å². The zero-order valence-corrected chi connectivity index (χ0v) is 15.1. The summed E-state index contributed by atoms with van der Waals surface area (Å²) in [5.74, 6) is 1.25. The summed E-state index contributed by atoms with van der Waals surface area (Å²) >= 11 is 0. The Kier molecular flexibility index (Phi) is 4.67. The Morgan fingerprint density at radius 3 is 2.84 bits per heavy atom. The number of carbonyl (C=O) groups excluding carboxylic acids is 1. The van der Waals surface area contributed by atoms with E-state index >= 15 is 0 Å². The maximum absolute atomic E-state index is 12.9. The third-order valence-electron chi connectivity index (χ3n) is 6.47. The van der Waals surface area contributed by atoms with Gasteiger partial charge in [-0.3, -0.25) is 9.59 Å². The van der Waals surface area contributed by atoms with Crippen molar-refractivity contribution in [3.8, 4) is 0 Å². The maximum Gasteiger partial charge on any atom is 0.263 e. The first-order chi connectivity index (χ1) is 12.1. The first-order valence-electron chi connectivity index (χ1n) is 9.89. The lowest BCUT2D eigenvalue weighted by molar-refractivity contribution is 0.0916. The SMILES string of the molecule is C[C@H](NC(=O)c1ccc2n(c1=O)C[C@@H]1CNC[C@H]2C1)C1CCCCC1. The smallest absolute Gasteiger partial charge is 0.263 e. The second-order valence-electron chi connectivity index (χ2n) is 8.20. The zero-order chi connectivity index (χ0) is 17.4. The second-order valence-corrected chi connectivity index (χ2v) is 8.20. The van der Waals surface area contributed by atoms with Gasteiger partial charge in [-0.25, -0.2) is 0 Å². The van der Waals surface area contributed by atoms with Crippen LogP contribution >= 0.6 is 0 Å². The van der Waals surface area contributed by atoms with Crippen molar-refractivity contribution in [3.05, 3.63) is 33.7 Å². The summed E-state index contributed by atoms with van der Waals surface area (Å²) < 4.78 is 1.86. The number of piperidine rings is 1. The van der Waals surface area contributed by atoms with E-state index < -0.39 is 0 Å². The van der Waals surface area contributed by atoms with Crippen molar-refractivity contribution < 1.29 is 4.79 Å². The van der Waals surface area contributed by atoms with Gasteiger partial charge in [0.15, 0.2) is 0 Å². The molecule has 4 rings (SSSR count). The highest BCUT2D eigenvalue weighted by Crippen LogP contribution is 2.31. The molecule has 1 saturated heterocycles. The second kappa shape index (κ2) is 6.94. The van der Waals surface area contributed by atoms with Gasteiger partial charge in [0.2, 0.25) is 0 Å². The van der Waals surface area contributed by atoms with Gasteiger partial charge >= 0.3 is 0 Å². The van der Waals surface area contributed by atoms with Crippen molar-refractivity contribution in [2.45, 2.75) is 64.0 Å². The van der Waals surface area contributed by atoms with Gasteiger partial charge in [-0.15, -0.1) is 0 Å². The molecule has 1 aromatic heterocycles. The molecule has 0 unspecified atom stereocenters. The Bertz CT molecular complexity index is 705.